The van der Waals surface area contributed by atoms with Gasteiger partial charge in [0.2, 0.25) is 0 Å². The highest BCUT2D eigenvalue weighted by molar-refractivity contribution is 5.85. The lowest BCUT2D eigenvalue weighted by Gasteiger charge is -2.27. The van der Waals surface area contributed by atoms with Gasteiger partial charge in [0.1, 0.15) is 18.1 Å². The van der Waals surface area contributed by atoms with Gasteiger partial charge in [0.25, 0.3) is 0 Å². The fraction of sp³-hybridized carbons (Fsp3) is 0.259. The topological polar surface area (TPSA) is 75.6 Å². The summed E-state index contributed by atoms with van der Waals surface area (Å²) in [5.74, 6) is -1.38. The van der Waals surface area contributed by atoms with Crippen molar-refractivity contribution in [3.63, 3.8) is 0 Å². The number of hydrogen-bond donors (Lipinski definition) is 2. The van der Waals surface area contributed by atoms with Crippen LogP contribution in [-0.2, 0) is 35.0 Å². The van der Waals surface area contributed by atoms with Crippen molar-refractivity contribution in [3.05, 3.63) is 94.5 Å². The van der Waals surface area contributed by atoms with Crippen molar-refractivity contribution in [1.82, 2.24) is 0 Å². The molecule has 0 radical (unpaired) electrons. The molecule has 0 unspecified atom stereocenters. The first-order valence-electron chi connectivity index (χ1n) is 10.9. The zero-order chi connectivity index (χ0) is 25.6. The highest BCUT2D eigenvalue weighted by Gasteiger charge is 2.44. The van der Waals surface area contributed by atoms with Crippen LogP contribution in [0.5, 0.6) is 5.75 Å². The minimum absolute atomic E-state index is 0.0610. The number of hydrogen-bond acceptors (Lipinski definition) is 4. The molecule has 0 fully saturated rings. The van der Waals surface area contributed by atoms with Gasteiger partial charge in [-0.15, -0.1) is 0 Å². The lowest BCUT2D eigenvalue weighted by atomic mass is 9.95. The summed E-state index contributed by atoms with van der Waals surface area (Å²) in [5, 5.41) is 13.0. The molecule has 5 nitrogen and oxygen atoms in total. The van der Waals surface area contributed by atoms with Crippen molar-refractivity contribution in [3.8, 4) is 5.75 Å². The molecule has 1 aliphatic rings. The zero-order valence-corrected chi connectivity index (χ0v) is 19.2. The van der Waals surface area contributed by atoms with E-state index >= 15 is 0 Å². The Morgan fingerprint density at radius 3 is 2.26 bits per heavy atom. The number of nitrogens with one attached hydrogen (secondary N) is 1. The summed E-state index contributed by atoms with van der Waals surface area (Å²) in [6.45, 7) is 4.01. The Labute approximate surface area is 201 Å². The van der Waals surface area contributed by atoms with E-state index in [9.17, 15) is 23.1 Å². The Balaban J connectivity index is 0.00000167. The normalized spacial score (nSPS) is 13.8. The van der Waals surface area contributed by atoms with Gasteiger partial charge in [0.15, 0.2) is 0 Å². The molecular weight excluding hydrogens is 459 g/mol. The van der Waals surface area contributed by atoms with Crippen molar-refractivity contribution in [2.75, 3.05) is 11.9 Å². The van der Waals surface area contributed by atoms with Crippen LogP contribution in [0.25, 0.3) is 0 Å². The van der Waals surface area contributed by atoms with Gasteiger partial charge in [-0.2, -0.15) is 13.2 Å². The minimum Gasteiger partial charge on any atom is -0.493 e. The van der Waals surface area contributed by atoms with Gasteiger partial charge in [0.05, 0.1) is 12.2 Å². The number of ether oxygens (including phenoxy) is 1. The summed E-state index contributed by atoms with van der Waals surface area (Å²) < 4.78 is 46.3. The maximum atomic E-state index is 13.6. The van der Waals surface area contributed by atoms with Crippen LogP contribution in [0.15, 0.2) is 66.7 Å². The molecule has 35 heavy (non-hydrogen) atoms. The van der Waals surface area contributed by atoms with E-state index in [1.54, 1.807) is 0 Å². The number of rotatable bonds is 7. The van der Waals surface area contributed by atoms with E-state index in [4.69, 9.17) is 9.53 Å². The summed E-state index contributed by atoms with van der Waals surface area (Å²) in [6, 6.07) is 18.5. The van der Waals surface area contributed by atoms with E-state index in [0.717, 1.165) is 28.3 Å². The Morgan fingerprint density at radius 1 is 1.03 bits per heavy atom. The number of fused-ring (bicyclic) bond motifs is 1. The molecule has 184 valence electrons. The molecule has 1 aliphatic carbocycles. The van der Waals surface area contributed by atoms with E-state index in [1.165, 1.54) is 12.1 Å². The maximum Gasteiger partial charge on any atom is 0.419 e. The number of alkyl halides is 3. The van der Waals surface area contributed by atoms with Crippen LogP contribution in [0, 0.1) is 6.92 Å². The lowest BCUT2D eigenvalue weighted by Crippen LogP contribution is -2.47. The first-order chi connectivity index (χ1) is 16.7. The molecule has 0 saturated heterocycles. The number of aryl methyl sites for hydroxylation is 1. The summed E-state index contributed by atoms with van der Waals surface area (Å²) in [4.78, 5) is 20.2. The van der Waals surface area contributed by atoms with Gasteiger partial charge in [-0.1, -0.05) is 54.1 Å². The zero-order valence-electron chi connectivity index (χ0n) is 19.2. The second-order valence-corrected chi connectivity index (χ2v) is 8.43. The van der Waals surface area contributed by atoms with E-state index < -0.39 is 23.2 Å². The SMILES string of the molecule is C=O.Cc1cccc(CCOc2cc(NC3(C(=O)O)Cc4ccccc4C3)ccc2C(F)(F)F)c1. The summed E-state index contributed by atoms with van der Waals surface area (Å²) in [6.07, 6.45) is -3.66. The first-order valence-corrected chi connectivity index (χ1v) is 10.9. The summed E-state index contributed by atoms with van der Waals surface area (Å²) in [5.41, 5.74) is 1.89. The average molecular weight is 486 g/mol. The molecule has 0 bridgehead atoms. The smallest absolute Gasteiger partial charge is 0.419 e. The number of carbonyl (C=O) groups excluding carboxylic acids is 1. The van der Waals surface area contributed by atoms with Crippen LogP contribution in [0.3, 0.4) is 0 Å². The van der Waals surface area contributed by atoms with E-state index in [0.29, 0.717) is 6.42 Å². The molecule has 3 aromatic rings. The quantitative estimate of drug-likeness (QED) is 0.463. The molecule has 4 rings (SSSR count). The highest BCUT2D eigenvalue weighted by atomic mass is 19.4. The third kappa shape index (κ3) is 6.01. The monoisotopic (exact) mass is 485 g/mol. The molecule has 2 N–H and O–H groups in total. The van der Waals surface area contributed by atoms with Crippen molar-refractivity contribution in [1.29, 1.82) is 0 Å². The summed E-state index contributed by atoms with van der Waals surface area (Å²) >= 11 is 0. The third-order valence-electron chi connectivity index (χ3n) is 5.91. The van der Waals surface area contributed by atoms with Crippen molar-refractivity contribution >= 4 is 18.4 Å². The predicted molar refractivity (Wildman–Crippen MR) is 127 cm³/mol. The second-order valence-electron chi connectivity index (χ2n) is 8.43. The lowest BCUT2D eigenvalue weighted by molar-refractivity contribution is -0.142. The van der Waals surface area contributed by atoms with Crippen LogP contribution in [-0.4, -0.2) is 30.0 Å². The van der Waals surface area contributed by atoms with E-state index in [2.05, 4.69) is 5.32 Å². The number of carboxylic acid groups (broad SMARTS) is 1. The van der Waals surface area contributed by atoms with E-state index in [-0.39, 0.29) is 30.9 Å². The minimum atomic E-state index is -4.59. The van der Waals surface area contributed by atoms with Crippen LogP contribution in [0.4, 0.5) is 18.9 Å². The largest absolute Gasteiger partial charge is 0.493 e. The molecule has 0 atom stereocenters. The standard InChI is InChI=1S/C26H24F3NO3.CH2O/c1-17-5-4-6-18(13-17)11-12-33-23-14-21(9-10-22(23)26(27,28)29)30-25(24(31)32)15-19-7-2-3-8-20(19)16-25;1-2/h2-10,13-14,30H,11-12,15-16H2,1H3,(H,31,32);1H2. The number of benzene rings is 3. The predicted octanol–water partition coefficient (Wildman–Crippen LogP) is 5.48. The molecule has 0 saturated carbocycles. The first kappa shape index (κ1) is 25.8. The summed E-state index contributed by atoms with van der Waals surface area (Å²) in [7, 11) is 0. The van der Waals surface area contributed by atoms with Crippen LogP contribution in [0.2, 0.25) is 0 Å². The molecule has 0 heterocycles. The van der Waals surface area contributed by atoms with Crippen LogP contribution >= 0.6 is 0 Å². The van der Waals surface area contributed by atoms with Crippen LogP contribution in [0.1, 0.15) is 27.8 Å². The number of anilines is 1. The fourth-order valence-corrected chi connectivity index (χ4v) is 4.28. The van der Waals surface area contributed by atoms with Gasteiger partial charge in [-0.05, 0) is 35.7 Å². The molecule has 0 amide bonds. The second kappa shape index (κ2) is 10.6. The third-order valence-corrected chi connectivity index (χ3v) is 5.91. The molecule has 0 aromatic heterocycles. The van der Waals surface area contributed by atoms with Gasteiger partial charge in [-0.3, -0.25) is 0 Å². The van der Waals surface area contributed by atoms with Crippen molar-refractivity contribution in [2.24, 2.45) is 0 Å². The highest BCUT2D eigenvalue weighted by Crippen LogP contribution is 2.39. The fourth-order valence-electron chi connectivity index (χ4n) is 4.28. The average Bonchev–Trinajstić information content (AvgIpc) is 3.19. The number of carboxylic acids is 1. The number of aliphatic carboxylic acids is 1. The number of halogens is 3. The van der Waals surface area contributed by atoms with Gasteiger partial charge in [0, 0.05) is 31.0 Å². The van der Waals surface area contributed by atoms with E-state index in [1.807, 2.05) is 62.2 Å². The molecule has 0 aliphatic heterocycles. The maximum absolute atomic E-state index is 13.6. The Hall–Kier alpha value is -3.81. The number of carbonyl (C=O) groups is 2. The molecule has 3 aromatic carbocycles. The van der Waals surface area contributed by atoms with Gasteiger partial charge in [-0.25, -0.2) is 4.79 Å². The van der Waals surface area contributed by atoms with Gasteiger partial charge >= 0.3 is 12.1 Å². The molecular formula is C27H26F3NO4. The van der Waals surface area contributed by atoms with Crippen molar-refractivity contribution in [2.45, 2.75) is 37.9 Å². The van der Waals surface area contributed by atoms with Gasteiger partial charge < -0.3 is 20.0 Å². The van der Waals surface area contributed by atoms with Crippen molar-refractivity contribution < 1.29 is 32.6 Å². The van der Waals surface area contributed by atoms with Crippen LogP contribution < -0.4 is 10.1 Å². The molecule has 0 spiro atoms. The Morgan fingerprint density at radius 2 is 1.69 bits per heavy atom. The Kier molecular flexibility index (Phi) is 7.84. The molecule has 8 heteroatoms. The Bertz CT molecular complexity index is 1170.